The summed E-state index contributed by atoms with van der Waals surface area (Å²) in [5.74, 6) is 2.32. The van der Waals surface area contributed by atoms with Crippen LogP contribution in [-0.4, -0.2) is 29.0 Å². The van der Waals surface area contributed by atoms with Crippen molar-refractivity contribution in [2.45, 2.75) is 25.7 Å². The maximum Gasteiger partial charge on any atom is 0.246 e. The maximum atomic E-state index is 12.2. The van der Waals surface area contributed by atoms with E-state index in [1.165, 1.54) is 5.56 Å². The highest BCUT2D eigenvalue weighted by molar-refractivity contribution is 5.91. The fourth-order valence-corrected chi connectivity index (χ4v) is 2.98. The third-order valence-corrected chi connectivity index (χ3v) is 4.32. The van der Waals surface area contributed by atoms with Gasteiger partial charge in [-0.25, -0.2) is 0 Å². The van der Waals surface area contributed by atoms with Crippen molar-refractivity contribution in [3.05, 3.63) is 59.6 Å². The molecule has 1 saturated heterocycles. The second-order valence-electron chi connectivity index (χ2n) is 5.97. The summed E-state index contributed by atoms with van der Waals surface area (Å²) in [6.07, 6.45) is 5.20. The number of aryl methyl sites for hydroxylation is 1. The van der Waals surface area contributed by atoms with Gasteiger partial charge in [0.25, 0.3) is 0 Å². The van der Waals surface area contributed by atoms with Gasteiger partial charge in [-0.15, -0.1) is 0 Å². The molecular formula is C19H21NO3. The molecule has 0 spiro atoms. The number of carbonyl (C=O) groups is 1. The average molecular weight is 311 g/mol. The third kappa shape index (κ3) is 3.83. The Balaban J connectivity index is 1.55. The number of likely N-dealkylation sites (tertiary alicyclic amines) is 1. The predicted molar refractivity (Wildman–Crippen MR) is 89.1 cm³/mol. The van der Waals surface area contributed by atoms with Crippen molar-refractivity contribution < 1.29 is 14.3 Å². The van der Waals surface area contributed by atoms with Gasteiger partial charge in [0, 0.05) is 19.2 Å². The Hall–Kier alpha value is -2.49. The summed E-state index contributed by atoms with van der Waals surface area (Å²) < 4.78 is 5.43. The molecule has 1 amide bonds. The number of rotatable bonds is 3. The van der Waals surface area contributed by atoms with Gasteiger partial charge in [0.1, 0.15) is 17.3 Å². The van der Waals surface area contributed by atoms with Crippen molar-refractivity contribution in [2.24, 2.45) is 0 Å². The van der Waals surface area contributed by atoms with Crippen LogP contribution < -0.4 is 0 Å². The van der Waals surface area contributed by atoms with Crippen LogP contribution in [0.1, 0.15) is 35.8 Å². The second-order valence-corrected chi connectivity index (χ2v) is 5.97. The van der Waals surface area contributed by atoms with Gasteiger partial charge >= 0.3 is 0 Å². The van der Waals surface area contributed by atoms with Crippen molar-refractivity contribution in [1.29, 1.82) is 0 Å². The SMILES string of the molecule is Cc1ccc(/C=C/C(=O)N2CCC(c3ccc(O)cc3)CC2)o1. The molecule has 23 heavy (non-hydrogen) atoms. The first-order valence-electron chi connectivity index (χ1n) is 7.94. The summed E-state index contributed by atoms with van der Waals surface area (Å²) in [5, 5.41) is 9.36. The van der Waals surface area contributed by atoms with E-state index in [1.807, 2.05) is 36.1 Å². The van der Waals surface area contributed by atoms with E-state index in [0.29, 0.717) is 17.4 Å². The molecule has 4 heteroatoms. The summed E-state index contributed by atoms with van der Waals surface area (Å²) in [5.41, 5.74) is 1.23. The molecule has 0 radical (unpaired) electrons. The molecule has 1 aliphatic rings. The number of hydrogen-bond donors (Lipinski definition) is 1. The molecular weight excluding hydrogens is 290 g/mol. The lowest BCUT2D eigenvalue weighted by molar-refractivity contribution is -0.126. The lowest BCUT2D eigenvalue weighted by Gasteiger charge is -2.31. The van der Waals surface area contributed by atoms with E-state index in [4.69, 9.17) is 4.42 Å². The van der Waals surface area contributed by atoms with E-state index >= 15 is 0 Å². The van der Waals surface area contributed by atoms with Crippen LogP contribution in [0.4, 0.5) is 0 Å². The normalized spacial score (nSPS) is 16.1. The first-order valence-corrected chi connectivity index (χ1v) is 7.94. The first kappa shape index (κ1) is 15.4. The van der Waals surface area contributed by atoms with Crippen LogP contribution in [-0.2, 0) is 4.79 Å². The molecule has 4 nitrogen and oxygen atoms in total. The van der Waals surface area contributed by atoms with Gasteiger partial charge in [0.15, 0.2) is 0 Å². The summed E-state index contributed by atoms with van der Waals surface area (Å²) in [7, 11) is 0. The largest absolute Gasteiger partial charge is 0.508 e. The van der Waals surface area contributed by atoms with Crippen LogP contribution in [0.15, 0.2) is 46.9 Å². The minimum Gasteiger partial charge on any atom is -0.508 e. The van der Waals surface area contributed by atoms with E-state index in [9.17, 15) is 9.90 Å². The maximum absolute atomic E-state index is 12.2. The smallest absolute Gasteiger partial charge is 0.246 e. The molecule has 0 atom stereocenters. The van der Waals surface area contributed by atoms with E-state index in [1.54, 1.807) is 24.3 Å². The number of piperidine rings is 1. The summed E-state index contributed by atoms with van der Waals surface area (Å²) >= 11 is 0. The Bertz CT molecular complexity index is 692. The third-order valence-electron chi connectivity index (χ3n) is 4.32. The fourth-order valence-electron chi connectivity index (χ4n) is 2.98. The molecule has 3 rings (SSSR count). The van der Waals surface area contributed by atoms with Gasteiger partial charge in [-0.3, -0.25) is 4.79 Å². The monoisotopic (exact) mass is 311 g/mol. The lowest BCUT2D eigenvalue weighted by atomic mass is 9.89. The highest BCUT2D eigenvalue weighted by Gasteiger charge is 2.22. The quantitative estimate of drug-likeness (QED) is 0.879. The molecule has 0 aliphatic carbocycles. The van der Waals surface area contributed by atoms with Gasteiger partial charge in [-0.2, -0.15) is 0 Å². The van der Waals surface area contributed by atoms with Crippen LogP contribution in [0.2, 0.25) is 0 Å². The zero-order valence-corrected chi connectivity index (χ0v) is 13.2. The molecule has 0 bridgehead atoms. The Morgan fingerprint density at radius 3 is 2.48 bits per heavy atom. The van der Waals surface area contributed by atoms with Gasteiger partial charge in [0.2, 0.25) is 5.91 Å². The zero-order chi connectivity index (χ0) is 16.2. The minimum atomic E-state index is 0.0307. The van der Waals surface area contributed by atoms with Crippen molar-refractivity contribution in [3.63, 3.8) is 0 Å². The molecule has 0 unspecified atom stereocenters. The first-order chi connectivity index (χ1) is 11.1. The highest BCUT2D eigenvalue weighted by atomic mass is 16.3. The molecule has 120 valence electrons. The molecule has 1 aromatic heterocycles. The molecule has 1 fully saturated rings. The Morgan fingerprint density at radius 2 is 1.87 bits per heavy atom. The van der Waals surface area contributed by atoms with E-state index in [2.05, 4.69) is 0 Å². The van der Waals surface area contributed by atoms with Crippen molar-refractivity contribution in [2.75, 3.05) is 13.1 Å². The Kier molecular flexibility index (Phi) is 4.51. The van der Waals surface area contributed by atoms with Crippen LogP contribution >= 0.6 is 0 Å². The summed E-state index contributed by atoms with van der Waals surface area (Å²) in [4.78, 5) is 14.1. The van der Waals surface area contributed by atoms with Crippen molar-refractivity contribution >= 4 is 12.0 Å². The molecule has 2 heterocycles. The lowest BCUT2D eigenvalue weighted by Crippen LogP contribution is -2.36. The molecule has 1 aliphatic heterocycles. The minimum absolute atomic E-state index is 0.0307. The number of phenols is 1. The van der Waals surface area contributed by atoms with E-state index < -0.39 is 0 Å². The number of carbonyl (C=O) groups excluding carboxylic acids is 1. The van der Waals surface area contributed by atoms with Gasteiger partial charge in [0.05, 0.1) is 0 Å². The summed E-state index contributed by atoms with van der Waals surface area (Å²) in [6, 6.07) is 11.1. The van der Waals surface area contributed by atoms with Crippen molar-refractivity contribution in [1.82, 2.24) is 4.90 Å². The summed E-state index contributed by atoms with van der Waals surface area (Å²) in [6.45, 7) is 3.39. The standard InChI is InChI=1S/C19H21NO3/c1-14-2-7-18(23-14)8-9-19(22)20-12-10-16(11-13-20)15-3-5-17(21)6-4-15/h2-9,16,21H,10-13H2,1H3/b9-8+. The predicted octanol–water partition coefficient (Wildman–Crippen LogP) is 3.71. The molecule has 2 aromatic rings. The highest BCUT2D eigenvalue weighted by Crippen LogP contribution is 2.29. The molecule has 1 aromatic carbocycles. The molecule has 1 N–H and O–H groups in total. The number of hydrogen-bond acceptors (Lipinski definition) is 3. The van der Waals surface area contributed by atoms with Crippen LogP contribution in [0.5, 0.6) is 5.75 Å². The number of phenolic OH excluding ortho intramolecular Hbond substituents is 1. The Labute approximate surface area is 136 Å². The number of benzene rings is 1. The molecule has 0 saturated carbocycles. The number of amides is 1. The average Bonchev–Trinajstić information content (AvgIpc) is 2.99. The number of aromatic hydroxyl groups is 1. The number of furan rings is 1. The van der Waals surface area contributed by atoms with Crippen LogP contribution in [0.25, 0.3) is 6.08 Å². The van der Waals surface area contributed by atoms with Crippen LogP contribution in [0.3, 0.4) is 0 Å². The Morgan fingerprint density at radius 1 is 1.17 bits per heavy atom. The van der Waals surface area contributed by atoms with E-state index in [-0.39, 0.29) is 5.91 Å². The van der Waals surface area contributed by atoms with Gasteiger partial charge in [-0.05, 0) is 61.6 Å². The zero-order valence-electron chi connectivity index (χ0n) is 13.2. The van der Waals surface area contributed by atoms with E-state index in [0.717, 1.165) is 31.7 Å². The van der Waals surface area contributed by atoms with Crippen LogP contribution in [0, 0.1) is 6.92 Å². The topological polar surface area (TPSA) is 53.7 Å². The van der Waals surface area contributed by atoms with Gasteiger partial charge < -0.3 is 14.4 Å². The van der Waals surface area contributed by atoms with Crippen molar-refractivity contribution in [3.8, 4) is 5.75 Å². The van der Waals surface area contributed by atoms with Gasteiger partial charge in [-0.1, -0.05) is 12.1 Å². The number of nitrogens with zero attached hydrogens (tertiary/aromatic N) is 1. The fraction of sp³-hybridized carbons (Fsp3) is 0.316. The second kappa shape index (κ2) is 6.73.